The third-order valence-corrected chi connectivity index (χ3v) is 9.83. The van der Waals surface area contributed by atoms with E-state index in [0.29, 0.717) is 40.6 Å². The van der Waals surface area contributed by atoms with E-state index in [1.807, 2.05) is 38.1 Å². The third kappa shape index (κ3) is 7.62. The SMILES string of the molecule is Cc1cc(Cl)c(OCCOc2ccc(C3=C(C(=O)N(CCc4ccc(F)cc4)C4CC4)C4CN(C(=O)O)CC(C3)N4C(=O)O)cc2)cc1C. The molecule has 2 heterocycles. The largest absolute Gasteiger partial charge is 0.490 e. The Morgan fingerprint density at radius 1 is 0.918 bits per heavy atom. The van der Waals surface area contributed by atoms with E-state index in [1.54, 1.807) is 29.2 Å². The summed E-state index contributed by atoms with van der Waals surface area (Å²) >= 11 is 6.32. The Hall–Kier alpha value is -4.77. The first kappa shape index (κ1) is 34.1. The second-order valence-electron chi connectivity index (χ2n) is 12.8. The summed E-state index contributed by atoms with van der Waals surface area (Å²) in [6.45, 7) is 4.73. The number of hydrogen-bond acceptors (Lipinski definition) is 5. The van der Waals surface area contributed by atoms with Gasteiger partial charge in [0.2, 0.25) is 0 Å². The number of carbonyl (C=O) groups excluding carboxylic acids is 1. The predicted octanol–water partition coefficient (Wildman–Crippen LogP) is 6.66. The van der Waals surface area contributed by atoms with Crippen molar-refractivity contribution in [3.05, 3.63) is 99.3 Å². The zero-order valence-electron chi connectivity index (χ0n) is 27.4. The van der Waals surface area contributed by atoms with Gasteiger partial charge in [-0.2, -0.15) is 0 Å². The minimum absolute atomic E-state index is 0.00568. The van der Waals surface area contributed by atoms with Crippen molar-refractivity contribution in [1.82, 2.24) is 14.7 Å². The summed E-state index contributed by atoms with van der Waals surface area (Å²) in [7, 11) is 0. The summed E-state index contributed by atoms with van der Waals surface area (Å²) in [5.74, 6) is 0.534. The molecule has 3 aliphatic rings. The minimum atomic E-state index is -1.19. The maximum atomic E-state index is 14.6. The van der Waals surface area contributed by atoms with Crippen LogP contribution in [-0.4, -0.2) is 94.0 Å². The number of nitrogens with zero attached hydrogens (tertiary/aromatic N) is 3. The normalized spacial score (nSPS) is 18.7. The van der Waals surface area contributed by atoms with E-state index in [0.717, 1.165) is 35.1 Å². The maximum Gasteiger partial charge on any atom is 0.408 e. The molecule has 1 aliphatic carbocycles. The van der Waals surface area contributed by atoms with Gasteiger partial charge >= 0.3 is 12.2 Å². The van der Waals surface area contributed by atoms with Crippen LogP contribution in [0.4, 0.5) is 14.0 Å². The van der Waals surface area contributed by atoms with Gasteiger partial charge in [0.05, 0.1) is 17.1 Å². The number of carboxylic acid groups (broad SMARTS) is 2. The Morgan fingerprint density at radius 2 is 1.59 bits per heavy atom. The van der Waals surface area contributed by atoms with Gasteiger partial charge in [-0.1, -0.05) is 35.9 Å². The highest BCUT2D eigenvalue weighted by Gasteiger charge is 2.49. The first-order chi connectivity index (χ1) is 23.5. The summed E-state index contributed by atoms with van der Waals surface area (Å²) in [5.41, 5.74) is 4.77. The van der Waals surface area contributed by atoms with Crippen molar-refractivity contribution in [3.8, 4) is 11.5 Å². The molecule has 0 radical (unpaired) electrons. The van der Waals surface area contributed by atoms with Crippen LogP contribution < -0.4 is 9.47 Å². The van der Waals surface area contributed by atoms with Gasteiger partial charge in [0.25, 0.3) is 5.91 Å². The van der Waals surface area contributed by atoms with Crippen LogP contribution >= 0.6 is 11.6 Å². The number of aryl methyl sites for hydroxylation is 2. The molecule has 10 nitrogen and oxygen atoms in total. The lowest BCUT2D eigenvalue weighted by molar-refractivity contribution is -0.128. The number of rotatable bonds is 11. The number of ether oxygens (including phenoxy) is 2. The quantitative estimate of drug-likeness (QED) is 0.216. The fourth-order valence-corrected chi connectivity index (χ4v) is 6.99. The molecule has 3 amide bonds. The smallest absolute Gasteiger partial charge is 0.408 e. The van der Waals surface area contributed by atoms with Crippen LogP contribution in [0.5, 0.6) is 11.5 Å². The molecule has 49 heavy (non-hydrogen) atoms. The van der Waals surface area contributed by atoms with Gasteiger partial charge in [-0.3, -0.25) is 9.69 Å². The standard InChI is InChI=1S/C37H39ClFN3O7/c1-22-17-31(38)33(18-23(22)2)49-16-15-48-29-11-5-25(6-12-29)30-19-28-20-40(36(44)45)21-32(42(28)37(46)47)34(30)35(43)41(27-9-10-27)14-13-24-3-7-26(39)8-4-24/h3-8,11-12,17-18,27-28,32H,9-10,13-16,19-21H2,1-2H3,(H,44,45)(H,46,47). The topological polar surface area (TPSA) is 120 Å². The van der Waals surface area contributed by atoms with Crippen LogP contribution in [0.2, 0.25) is 5.02 Å². The molecule has 12 heteroatoms. The lowest BCUT2D eigenvalue weighted by Gasteiger charge is -2.49. The Balaban J connectivity index is 1.26. The van der Waals surface area contributed by atoms with Crippen LogP contribution in [-0.2, 0) is 11.2 Å². The van der Waals surface area contributed by atoms with Gasteiger partial charge < -0.3 is 29.5 Å². The van der Waals surface area contributed by atoms with Crippen molar-refractivity contribution >= 4 is 35.3 Å². The van der Waals surface area contributed by atoms with Gasteiger partial charge in [-0.05, 0) is 104 Å². The lowest BCUT2D eigenvalue weighted by atomic mass is 9.81. The highest BCUT2D eigenvalue weighted by atomic mass is 35.5. The summed E-state index contributed by atoms with van der Waals surface area (Å²) in [5, 5.41) is 20.7. The van der Waals surface area contributed by atoms with Crippen molar-refractivity contribution in [1.29, 1.82) is 0 Å². The fourth-order valence-electron chi connectivity index (χ4n) is 6.72. The van der Waals surface area contributed by atoms with Crippen molar-refractivity contribution in [2.75, 3.05) is 32.8 Å². The number of benzene rings is 3. The number of halogens is 2. The first-order valence-corrected chi connectivity index (χ1v) is 16.8. The van der Waals surface area contributed by atoms with Crippen LogP contribution in [0.3, 0.4) is 0 Å². The van der Waals surface area contributed by atoms with Crippen molar-refractivity contribution in [3.63, 3.8) is 0 Å². The second-order valence-corrected chi connectivity index (χ2v) is 13.2. The molecule has 3 aromatic carbocycles. The van der Waals surface area contributed by atoms with Crippen molar-refractivity contribution in [2.24, 2.45) is 0 Å². The maximum absolute atomic E-state index is 14.6. The highest BCUT2D eigenvalue weighted by molar-refractivity contribution is 6.32. The zero-order chi connectivity index (χ0) is 34.8. The Bertz CT molecular complexity index is 1760. The molecule has 258 valence electrons. The molecule has 1 saturated heterocycles. The molecule has 0 aromatic heterocycles. The van der Waals surface area contributed by atoms with Gasteiger partial charge in [0.15, 0.2) is 0 Å². The third-order valence-electron chi connectivity index (χ3n) is 9.54. The molecule has 2 bridgehead atoms. The van der Waals surface area contributed by atoms with E-state index in [4.69, 9.17) is 21.1 Å². The molecule has 0 spiro atoms. The molecule has 1 saturated carbocycles. The number of hydrogen-bond donors (Lipinski definition) is 2. The van der Waals surface area contributed by atoms with E-state index >= 15 is 0 Å². The van der Waals surface area contributed by atoms with Crippen LogP contribution in [0.15, 0.2) is 66.2 Å². The Morgan fingerprint density at radius 3 is 2.24 bits per heavy atom. The molecule has 3 aromatic rings. The summed E-state index contributed by atoms with van der Waals surface area (Å²) < 4.78 is 25.3. The van der Waals surface area contributed by atoms with Gasteiger partial charge in [-0.15, -0.1) is 0 Å². The Kier molecular flexibility index (Phi) is 10.0. The van der Waals surface area contributed by atoms with E-state index in [1.165, 1.54) is 21.9 Å². The molecular weight excluding hydrogens is 653 g/mol. The first-order valence-electron chi connectivity index (χ1n) is 16.4. The number of amides is 3. The van der Waals surface area contributed by atoms with Gasteiger partial charge in [0, 0.05) is 31.2 Å². The molecule has 2 N–H and O–H groups in total. The lowest BCUT2D eigenvalue weighted by Crippen LogP contribution is -2.65. The monoisotopic (exact) mass is 691 g/mol. The molecule has 2 unspecified atom stereocenters. The average molecular weight is 692 g/mol. The summed E-state index contributed by atoms with van der Waals surface area (Å²) in [6, 6.07) is 15.6. The summed E-state index contributed by atoms with van der Waals surface area (Å²) in [4.78, 5) is 43.5. The molecular formula is C37H39ClFN3O7. The van der Waals surface area contributed by atoms with E-state index in [9.17, 15) is 29.0 Å². The van der Waals surface area contributed by atoms with Crippen LogP contribution in [0.1, 0.15) is 41.5 Å². The van der Waals surface area contributed by atoms with Gasteiger partial charge in [-0.25, -0.2) is 14.0 Å². The van der Waals surface area contributed by atoms with E-state index in [2.05, 4.69) is 0 Å². The summed E-state index contributed by atoms with van der Waals surface area (Å²) in [6.07, 6.45) is -0.0403. The second kappa shape index (κ2) is 14.4. The number of carbonyl (C=O) groups is 3. The van der Waals surface area contributed by atoms with E-state index < -0.39 is 24.3 Å². The molecule has 2 aliphatic heterocycles. The fraction of sp³-hybridized carbons (Fsp3) is 0.378. The number of piperazine rings is 1. The van der Waals surface area contributed by atoms with E-state index in [-0.39, 0.29) is 50.5 Å². The molecule has 2 atom stereocenters. The molecule has 6 rings (SSSR count). The number of fused-ring (bicyclic) bond motifs is 2. The van der Waals surface area contributed by atoms with Crippen molar-refractivity contribution < 1.29 is 38.5 Å². The Labute approximate surface area is 289 Å². The van der Waals surface area contributed by atoms with Crippen LogP contribution in [0.25, 0.3) is 5.57 Å². The van der Waals surface area contributed by atoms with Crippen molar-refractivity contribution in [2.45, 2.75) is 57.7 Å². The molecule has 2 fully saturated rings. The predicted molar refractivity (Wildman–Crippen MR) is 182 cm³/mol. The highest BCUT2D eigenvalue weighted by Crippen LogP contribution is 2.41. The zero-order valence-corrected chi connectivity index (χ0v) is 28.2. The van der Waals surface area contributed by atoms with Crippen LogP contribution in [0, 0.1) is 19.7 Å². The van der Waals surface area contributed by atoms with Gasteiger partial charge in [0.1, 0.15) is 30.5 Å². The average Bonchev–Trinajstić information content (AvgIpc) is 3.91. The minimum Gasteiger partial charge on any atom is -0.490 e.